The van der Waals surface area contributed by atoms with Crippen LogP contribution in [-0.4, -0.2) is 22.9 Å². The molecule has 0 saturated heterocycles. The van der Waals surface area contributed by atoms with E-state index in [0.29, 0.717) is 38.8 Å². The second-order valence-electron chi connectivity index (χ2n) is 6.17. The third-order valence-electron chi connectivity index (χ3n) is 4.43. The van der Waals surface area contributed by atoms with Gasteiger partial charge in [-0.2, -0.15) is 5.10 Å². The number of para-hydroxylation sites is 1. The average molecular weight is 378 g/mol. The third-order valence-corrected chi connectivity index (χ3v) is 4.43. The number of esters is 1. The molecule has 0 unspecified atom stereocenters. The van der Waals surface area contributed by atoms with E-state index < -0.39 is 17.4 Å². The molecule has 0 saturated carbocycles. The summed E-state index contributed by atoms with van der Waals surface area (Å²) >= 11 is 0. The van der Waals surface area contributed by atoms with E-state index in [0.717, 1.165) is 0 Å². The maximum atomic E-state index is 13.9. The van der Waals surface area contributed by atoms with E-state index in [4.69, 9.17) is 4.42 Å². The SMILES string of the molecule is COC(=O)/C=C/c1cc(F)ccc1-n1nc(C)c2c(=O)oc3ccccc3c21. The Kier molecular flexibility index (Phi) is 4.27. The van der Waals surface area contributed by atoms with Gasteiger partial charge in [0.15, 0.2) is 0 Å². The Morgan fingerprint density at radius 3 is 2.82 bits per heavy atom. The van der Waals surface area contributed by atoms with Crippen molar-refractivity contribution in [1.29, 1.82) is 0 Å². The van der Waals surface area contributed by atoms with Gasteiger partial charge in [0.1, 0.15) is 16.8 Å². The lowest BCUT2D eigenvalue weighted by Gasteiger charge is -2.09. The lowest BCUT2D eigenvalue weighted by Crippen LogP contribution is -2.03. The van der Waals surface area contributed by atoms with E-state index in [1.54, 1.807) is 29.8 Å². The monoisotopic (exact) mass is 378 g/mol. The van der Waals surface area contributed by atoms with Crippen LogP contribution >= 0.6 is 0 Å². The molecule has 0 spiro atoms. The van der Waals surface area contributed by atoms with Crippen LogP contribution in [0, 0.1) is 12.7 Å². The summed E-state index contributed by atoms with van der Waals surface area (Å²) in [6, 6.07) is 11.2. The zero-order chi connectivity index (χ0) is 19.8. The standard InChI is InChI=1S/C21H15FN2O4/c1-12-19-20(15-5-3-4-6-17(15)28-21(19)26)24(23-12)16-9-8-14(22)11-13(16)7-10-18(25)27-2/h3-11H,1-2H3/b10-7+. The Bertz CT molecular complexity index is 1320. The zero-order valence-corrected chi connectivity index (χ0v) is 15.1. The molecule has 0 fully saturated rings. The van der Waals surface area contributed by atoms with Crippen molar-refractivity contribution in [3.8, 4) is 5.69 Å². The number of carbonyl (C=O) groups excluding carboxylic acids is 1. The van der Waals surface area contributed by atoms with Gasteiger partial charge in [-0.15, -0.1) is 0 Å². The molecule has 0 amide bonds. The van der Waals surface area contributed by atoms with Crippen LogP contribution in [0.1, 0.15) is 11.3 Å². The van der Waals surface area contributed by atoms with E-state index in [-0.39, 0.29) is 0 Å². The van der Waals surface area contributed by atoms with Crippen molar-refractivity contribution in [2.75, 3.05) is 7.11 Å². The van der Waals surface area contributed by atoms with Gasteiger partial charge in [0, 0.05) is 17.0 Å². The van der Waals surface area contributed by atoms with Crippen LogP contribution in [0.4, 0.5) is 4.39 Å². The van der Waals surface area contributed by atoms with Crippen molar-refractivity contribution >= 4 is 33.9 Å². The summed E-state index contributed by atoms with van der Waals surface area (Å²) in [7, 11) is 1.26. The molecule has 7 heteroatoms. The summed E-state index contributed by atoms with van der Waals surface area (Å²) < 4.78 is 25.4. The average Bonchev–Trinajstić information content (AvgIpc) is 3.04. The van der Waals surface area contributed by atoms with Crippen LogP contribution in [0.2, 0.25) is 0 Å². The molecule has 2 aromatic heterocycles. The number of ether oxygens (including phenoxy) is 1. The Labute approximate surface area is 158 Å². The van der Waals surface area contributed by atoms with Crippen LogP contribution in [0.25, 0.3) is 33.6 Å². The highest BCUT2D eigenvalue weighted by molar-refractivity contribution is 6.04. The van der Waals surface area contributed by atoms with Crippen LogP contribution in [-0.2, 0) is 9.53 Å². The molecule has 2 heterocycles. The van der Waals surface area contributed by atoms with Crippen LogP contribution in [0.15, 0.2) is 57.8 Å². The van der Waals surface area contributed by atoms with Crippen molar-refractivity contribution in [2.24, 2.45) is 0 Å². The fourth-order valence-electron chi connectivity index (χ4n) is 3.17. The van der Waals surface area contributed by atoms with Gasteiger partial charge in [-0.1, -0.05) is 12.1 Å². The minimum Gasteiger partial charge on any atom is -0.466 e. The van der Waals surface area contributed by atoms with E-state index in [2.05, 4.69) is 9.84 Å². The van der Waals surface area contributed by atoms with Crippen molar-refractivity contribution in [3.05, 3.63) is 76.0 Å². The van der Waals surface area contributed by atoms with Gasteiger partial charge in [-0.3, -0.25) is 0 Å². The Hall–Kier alpha value is -3.74. The molecule has 0 aliphatic heterocycles. The van der Waals surface area contributed by atoms with Gasteiger partial charge in [0.25, 0.3) is 0 Å². The Balaban J connectivity index is 2.07. The largest absolute Gasteiger partial charge is 0.466 e. The molecule has 28 heavy (non-hydrogen) atoms. The topological polar surface area (TPSA) is 74.3 Å². The first-order chi connectivity index (χ1) is 13.5. The molecule has 140 valence electrons. The molecule has 0 bridgehead atoms. The number of nitrogens with zero attached hydrogens (tertiary/aromatic N) is 2. The number of benzene rings is 2. The fraction of sp³-hybridized carbons (Fsp3) is 0.0952. The van der Waals surface area contributed by atoms with Crippen LogP contribution < -0.4 is 5.63 Å². The number of halogens is 1. The summed E-state index contributed by atoms with van der Waals surface area (Å²) in [5.41, 5.74) is 1.90. The molecule has 0 radical (unpaired) electrons. The normalized spacial score (nSPS) is 11.5. The molecule has 0 aliphatic rings. The second kappa shape index (κ2) is 6.77. The molecule has 4 aromatic rings. The van der Waals surface area contributed by atoms with Crippen molar-refractivity contribution in [3.63, 3.8) is 0 Å². The van der Waals surface area contributed by atoms with Crippen molar-refractivity contribution < 1.29 is 18.3 Å². The lowest BCUT2D eigenvalue weighted by molar-refractivity contribution is -0.134. The number of aryl methyl sites for hydroxylation is 1. The van der Waals surface area contributed by atoms with Gasteiger partial charge < -0.3 is 9.15 Å². The predicted molar refractivity (Wildman–Crippen MR) is 103 cm³/mol. The van der Waals surface area contributed by atoms with Gasteiger partial charge in [0.05, 0.1) is 24.0 Å². The smallest absolute Gasteiger partial charge is 0.347 e. The van der Waals surface area contributed by atoms with Gasteiger partial charge in [0.2, 0.25) is 0 Å². The zero-order valence-electron chi connectivity index (χ0n) is 15.1. The van der Waals surface area contributed by atoms with Crippen molar-refractivity contribution in [2.45, 2.75) is 6.92 Å². The van der Waals surface area contributed by atoms with Crippen molar-refractivity contribution in [1.82, 2.24) is 9.78 Å². The van der Waals surface area contributed by atoms with Crippen LogP contribution in [0.3, 0.4) is 0 Å². The highest BCUT2D eigenvalue weighted by Crippen LogP contribution is 2.29. The Morgan fingerprint density at radius 1 is 1.25 bits per heavy atom. The molecule has 0 atom stereocenters. The summed E-state index contributed by atoms with van der Waals surface area (Å²) in [5, 5.41) is 5.54. The number of rotatable bonds is 3. The maximum absolute atomic E-state index is 13.9. The molecular formula is C21H15FN2O4. The summed E-state index contributed by atoms with van der Waals surface area (Å²) in [4.78, 5) is 24.0. The first-order valence-electron chi connectivity index (χ1n) is 8.46. The molecule has 4 rings (SSSR count). The minimum atomic E-state index is -0.567. The first-order valence-corrected chi connectivity index (χ1v) is 8.46. The number of hydrogen-bond acceptors (Lipinski definition) is 5. The number of hydrogen-bond donors (Lipinski definition) is 0. The highest BCUT2D eigenvalue weighted by Gasteiger charge is 2.19. The lowest BCUT2D eigenvalue weighted by atomic mass is 10.1. The minimum absolute atomic E-state index is 0.353. The number of aromatic nitrogens is 2. The van der Waals surface area contributed by atoms with Gasteiger partial charge >= 0.3 is 11.6 Å². The van der Waals surface area contributed by atoms with E-state index in [1.165, 1.54) is 31.4 Å². The van der Waals surface area contributed by atoms with E-state index in [1.807, 2.05) is 12.1 Å². The number of fused-ring (bicyclic) bond motifs is 3. The summed E-state index contributed by atoms with van der Waals surface area (Å²) in [5.74, 6) is -1.03. The molecule has 0 aliphatic carbocycles. The van der Waals surface area contributed by atoms with Gasteiger partial charge in [-0.05, 0) is 43.3 Å². The second-order valence-corrected chi connectivity index (χ2v) is 6.17. The fourth-order valence-corrected chi connectivity index (χ4v) is 3.17. The summed E-state index contributed by atoms with van der Waals surface area (Å²) in [6.07, 6.45) is 2.64. The highest BCUT2D eigenvalue weighted by atomic mass is 19.1. The predicted octanol–water partition coefficient (Wildman–Crippen LogP) is 3.77. The summed E-state index contributed by atoms with van der Waals surface area (Å²) in [6.45, 7) is 1.71. The molecule has 2 aromatic carbocycles. The van der Waals surface area contributed by atoms with Crippen LogP contribution in [0.5, 0.6) is 0 Å². The number of carbonyl (C=O) groups is 1. The number of methoxy groups -OCH3 is 1. The quantitative estimate of drug-likeness (QED) is 0.308. The molecular weight excluding hydrogens is 363 g/mol. The third kappa shape index (κ3) is 2.87. The van der Waals surface area contributed by atoms with Gasteiger partial charge in [-0.25, -0.2) is 18.7 Å². The molecule has 6 nitrogen and oxygen atoms in total. The first kappa shape index (κ1) is 17.7. The Morgan fingerprint density at radius 2 is 2.04 bits per heavy atom. The van der Waals surface area contributed by atoms with E-state index in [9.17, 15) is 14.0 Å². The van der Waals surface area contributed by atoms with E-state index >= 15 is 0 Å². The molecule has 0 N–H and O–H groups in total. The maximum Gasteiger partial charge on any atom is 0.347 e.